The van der Waals surface area contributed by atoms with Gasteiger partial charge in [-0.1, -0.05) is 18.2 Å². The molecule has 98 valence electrons. The molecule has 0 aliphatic carbocycles. The predicted molar refractivity (Wildman–Crippen MR) is 70.7 cm³/mol. The maximum Gasteiger partial charge on any atom is 0.227 e. The number of para-hydroxylation sites is 1. The van der Waals surface area contributed by atoms with Gasteiger partial charge in [0.05, 0.1) is 13.5 Å². The van der Waals surface area contributed by atoms with Crippen LogP contribution in [0, 0.1) is 0 Å². The first-order valence-corrected chi connectivity index (χ1v) is 6.33. The van der Waals surface area contributed by atoms with E-state index in [9.17, 15) is 4.79 Å². The second-order valence-electron chi connectivity index (χ2n) is 4.68. The van der Waals surface area contributed by atoms with E-state index >= 15 is 0 Å². The minimum Gasteiger partial charge on any atom is -0.496 e. The zero-order valence-electron chi connectivity index (χ0n) is 11.0. The number of nitrogens with zero attached hydrogens (tertiary/aromatic N) is 1. The van der Waals surface area contributed by atoms with Crippen LogP contribution in [-0.2, 0) is 11.2 Å². The second-order valence-corrected chi connectivity index (χ2v) is 4.68. The number of ether oxygens (including phenoxy) is 1. The van der Waals surface area contributed by atoms with E-state index in [2.05, 4.69) is 12.2 Å². The van der Waals surface area contributed by atoms with Gasteiger partial charge in [-0.2, -0.15) is 0 Å². The number of methoxy groups -OCH3 is 1. The Bertz CT molecular complexity index is 420. The van der Waals surface area contributed by atoms with E-state index < -0.39 is 0 Å². The summed E-state index contributed by atoms with van der Waals surface area (Å²) in [4.78, 5) is 14.1. The molecule has 0 saturated carbocycles. The van der Waals surface area contributed by atoms with Crippen LogP contribution in [0.5, 0.6) is 5.75 Å². The van der Waals surface area contributed by atoms with Crippen LogP contribution in [0.1, 0.15) is 12.5 Å². The molecule has 2 rings (SSSR count). The average molecular weight is 248 g/mol. The summed E-state index contributed by atoms with van der Waals surface area (Å²) in [6, 6.07) is 8.07. The molecule has 0 bridgehead atoms. The fourth-order valence-corrected chi connectivity index (χ4v) is 2.28. The lowest BCUT2D eigenvalue weighted by atomic mass is 10.1. The molecule has 1 fully saturated rings. The first-order valence-electron chi connectivity index (χ1n) is 6.33. The summed E-state index contributed by atoms with van der Waals surface area (Å²) in [6.45, 7) is 4.55. The van der Waals surface area contributed by atoms with E-state index in [1.807, 2.05) is 29.2 Å². The number of carbonyl (C=O) groups excluding carboxylic acids is 1. The van der Waals surface area contributed by atoms with Gasteiger partial charge in [-0.25, -0.2) is 0 Å². The lowest BCUT2D eigenvalue weighted by Crippen LogP contribution is -2.51. The number of benzene rings is 1. The zero-order chi connectivity index (χ0) is 13.0. The molecule has 1 heterocycles. The highest BCUT2D eigenvalue weighted by Gasteiger charge is 2.21. The van der Waals surface area contributed by atoms with E-state index in [1.165, 1.54) is 0 Å². The van der Waals surface area contributed by atoms with Crippen LogP contribution in [0.15, 0.2) is 24.3 Å². The van der Waals surface area contributed by atoms with Crippen molar-refractivity contribution in [2.45, 2.75) is 19.4 Å². The predicted octanol–water partition coefficient (Wildman–Crippen LogP) is 1.06. The van der Waals surface area contributed by atoms with Gasteiger partial charge in [0, 0.05) is 31.2 Å². The minimum absolute atomic E-state index is 0.174. The molecule has 1 amide bonds. The molecule has 4 nitrogen and oxygen atoms in total. The SMILES string of the molecule is COc1ccccc1CC(=O)N1CCNC(C)C1. The summed E-state index contributed by atoms with van der Waals surface area (Å²) in [6.07, 6.45) is 0.413. The highest BCUT2D eigenvalue weighted by Crippen LogP contribution is 2.18. The van der Waals surface area contributed by atoms with Gasteiger partial charge in [0.1, 0.15) is 5.75 Å². The van der Waals surface area contributed by atoms with Crippen molar-refractivity contribution in [1.29, 1.82) is 0 Å². The van der Waals surface area contributed by atoms with Gasteiger partial charge in [-0.3, -0.25) is 4.79 Å². The summed E-state index contributed by atoms with van der Waals surface area (Å²) < 4.78 is 5.27. The Morgan fingerprint density at radius 3 is 3.00 bits per heavy atom. The number of hydrogen-bond acceptors (Lipinski definition) is 3. The Morgan fingerprint density at radius 2 is 2.28 bits per heavy atom. The van der Waals surface area contributed by atoms with Gasteiger partial charge in [0.15, 0.2) is 0 Å². The Kier molecular flexibility index (Phi) is 4.20. The molecular formula is C14H20N2O2. The summed E-state index contributed by atoms with van der Waals surface area (Å²) in [5.41, 5.74) is 0.955. The highest BCUT2D eigenvalue weighted by molar-refractivity contribution is 5.79. The third-order valence-electron chi connectivity index (χ3n) is 3.26. The monoisotopic (exact) mass is 248 g/mol. The van der Waals surface area contributed by atoms with E-state index in [-0.39, 0.29) is 5.91 Å². The Morgan fingerprint density at radius 1 is 1.50 bits per heavy atom. The molecule has 1 aliphatic heterocycles. The lowest BCUT2D eigenvalue weighted by molar-refractivity contribution is -0.131. The molecule has 1 N–H and O–H groups in total. The standard InChI is InChI=1S/C14H20N2O2/c1-11-10-16(8-7-15-11)14(17)9-12-5-3-4-6-13(12)18-2/h3-6,11,15H,7-10H2,1-2H3. The summed E-state index contributed by atoms with van der Waals surface area (Å²) in [7, 11) is 1.64. The molecule has 18 heavy (non-hydrogen) atoms. The molecule has 1 aromatic carbocycles. The third kappa shape index (κ3) is 3.01. The number of nitrogens with one attached hydrogen (secondary N) is 1. The first-order chi connectivity index (χ1) is 8.70. The molecule has 1 saturated heterocycles. The molecule has 1 aromatic rings. The smallest absolute Gasteiger partial charge is 0.227 e. The van der Waals surface area contributed by atoms with Gasteiger partial charge in [-0.05, 0) is 13.0 Å². The van der Waals surface area contributed by atoms with Crippen molar-refractivity contribution in [2.75, 3.05) is 26.7 Å². The Balaban J connectivity index is 2.02. The maximum absolute atomic E-state index is 12.2. The van der Waals surface area contributed by atoms with Crippen molar-refractivity contribution in [3.05, 3.63) is 29.8 Å². The van der Waals surface area contributed by atoms with E-state index in [0.717, 1.165) is 30.9 Å². The van der Waals surface area contributed by atoms with Crippen LogP contribution in [-0.4, -0.2) is 43.6 Å². The topological polar surface area (TPSA) is 41.6 Å². The van der Waals surface area contributed by atoms with Crippen molar-refractivity contribution in [2.24, 2.45) is 0 Å². The first kappa shape index (κ1) is 12.9. The number of rotatable bonds is 3. The van der Waals surface area contributed by atoms with Gasteiger partial charge in [0.2, 0.25) is 5.91 Å². The van der Waals surface area contributed by atoms with Crippen molar-refractivity contribution in [1.82, 2.24) is 10.2 Å². The van der Waals surface area contributed by atoms with E-state index in [1.54, 1.807) is 7.11 Å². The minimum atomic E-state index is 0.174. The van der Waals surface area contributed by atoms with Crippen LogP contribution < -0.4 is 10.1 Å². The summed E-state index contributed by atoms with van der Waals surface area (Å²) in [5, 5.41) is 3.33. The van der Waals surface area contributed by atoms with Crippen molar-refractivity contribution < 1.29 is 9.53 Å². The molecular weight excluding hydrogens is 228 g/mol. The molecule has 1 aliphatic rings. The molecule has 1 atom stereocenters. The average Bonchev–Trinajstić information content (AvgIpc) is 2.39. The normalized spacial score (nSPS) is 19.7. The molecule has 4 heteroatoms. The summed E-state index contributed by atoms with van der Waals surface area (Å²) >= 11 is 0. The van der Waals surface area contributed by atoms with Crippen LogP contribution in [0.2, 0.25) is 0 Å². The van der Waals surface area contributed by atoms with Crippen molar-refractivity contribution in [3.8, 4) is 5.75 Å². The van der Waals surface area contributed by atoms with Gasteiger partial charge < -0.3 is 15.0 Å². The van der Waals surface area contributed by atoms with Crippen LogP contribution in [0.25, 0.3) is 0 Å². The van der Waals surface area contributed by atoms with E-state index in [4.69, 9.17) is 4.74 Å². The highest BCUT2D eigenvalue weighted by atomic mass is 16.5. The second kappa shape index (κ2) is 5.87. The maximum atomic E-state index is 12.2. The number of carbonyl (C=O) groups is 1. The lowest BCUT2D eigenvalue weighted by Gasteiger charge is -2.32. The van der Waals surface area contributed by atoms with Crippen LogP contribution >= 0.6 is 0 Å². The quantitative estimate of drug-likeness (QED) is 0.869. The van der Waals surface area contributed by atoms with Crippen LogP contribution in [0.3, 0.4) is 0 Å². The third-order valence-corrected chi connectivity index (χ3v) is 3.26. The van der Waals surface area contributed by atoms with Gasteiger partial charge >= 0.3 is 0 Å². The fraction of sp³-hybridized carbons (Fsp3) is 0.500. The van der Waals surface area contributed by atoms with Gasteiger partial charge in [-0.15, -0.1) is 0 Å². The molecule has 1 unspecified atom stereocenters. The summed E-state index contributed by atoms with van der Waals surface area (Å²) in [5.74, 6) is 0.960. The van der Waals surface area contributed by atoms with E-state index in [0.29, 0.717) is 12.5 Å². The molecule has 0 spiro atoms. The molecule has 0 radical (unpaired) electrons. The number of hydrogen-bond donors (Lipinski definition) is 1. The fourth-order valence-electron chi connectivity index (χ4n) is 2.28. The Labute approximate surface area is 108 Å². The Hall–Kier alpha value is -1.55. The number of amides is 1. The largest absolute Gasteiger partial charge is 0.496 e. The van der Waals surface area contributed by atoms with Crippen molar-refractivity contribution >= 4 is 5.91 Å². The van der Waals surface area contributed by atoms with Gasteiger partial charge in [0.25, 0.3) is 0 Å². The van der Waals surface area contributed by atoms with Crippen LogP contribution in [0.4, 0.5) is 0 Å². The van der Waals surface area contributed by atoms with Crippen molar-refractivity contribution in [3.63, 3.8) is 0 Å². The number of piperazine rings is 1. The molecule has 0 aromatic heterocycles. The zero-order valence-corrected chi connectivity index (χ0v) is 11.0.